The molecule has 0 fully saturated rings. The van der Waals surface area contributed by atoms with E-state index in [2.05, 4.69) is 45.5 Å². The number of nitrogens with zero attached hydrogens (tertiary/aromatic N) is 5. The minimum absolute atomic E-state index is 0.199. The van der Waals surface area contributed by atoms with Crippen LogP contribution in [-0.2, 0) is 13.1 Å². The number of carbonyl (C=O) groups excluding carboxylic acids is 1. The van der Waals surface area contributed by atoms with Crippen molar-refractivity contribution in [3.8, 4) is 11.3 Å². The number of carbonyl (C=O) groups is 1. The van der Waals surface area contributed by atoms with Crippen LogP contribution in [0.5, 0.6) is 0 Å². The lowest BCUT2D eigenvalue weighted by molar-refractivity contribution is 0.0952. The van der Waals surface area contributed by atoms with Gasteiger partial charge in [-0.05, 0) is 44.0 Å². The standard InChI is InChI=1S/C24H22N6O2S/c1-14-8-19(16(3)33-14)21-9-20(22-15(2)29-32-24(22)28-21)23(31)26-10-17-6-4-5-7-18(17)11-30-13-25-12-27-30/h4-9,12-13H,10-11H2,1-3H3,(H,26,31). The Hall–Kier alpha value is -3.85. The van der Waals surface area contributed by atoms with E-state index < -0.39 is 0 Å². The summed E-state index contributed by atoms with van der Waals surface area (Å²) in [5, 5.41) is 11.9. The van der Waals surface area contributed by atoms with E-state index in [1.807, 2.05) is 37.3 Å². The minimum atomic E-state index is -0.199. The molecular weight excluding hydrogens is 436 g/mol. The van der Waals surface area contributed by atoms with E-state index in [0.717, 1.165) is 21.6 Å². The van der Waals surface area contributed by atoms with Crippen LogP contribution in [0.25, 0.3) is 22.4 Å². The molecule has 4 heterocycles. The molecule has 8 nitrogen and oxygen atoms in total. The van der Waals surface area contributed by atoms with Gasteiger partial charge in [0.1, 0.15) is 12.7 Å². The van der Waals surface area contributed by atoms with Crippen LogP contribution in [0.2, 0.25) is 0 Å². The average molecular weight is 459 g/mol. The second kappa shape index (κ2) is 8.59. The molecule has 0 radical (unpaired) electrons. The summed E-state index contributed by atoms with van der Waals surface area (Å²) in [6.07, 6.45) is 3.18. The summed E-state index contributed by atoms with van der Waals surface area (Å²) < 4.78 is 7.19. The van der Waals surface area contributed by atoms with Gasteiger partial charge in [-0.3, -0.25) is 4.79 Å². The lowest BCUT2D eigenvalue weighted by Gasteiger charge is -2.12. The molecule has 9 heteroatoms. The molecule has 0 saturated carbocycles. The zero-order valence-corrected chi connectivity index (χ0v) is 19.3. The van der Waals surface area contributed by atoms with Crippen molar-refractivity contribution >= 4 is 28.3 Å². The van der Waals surface area contributed by atoms with Crippen LogP contribution >= 0.6 is 11.3 Å². The van der Waals surface area contributed by atoms with Crippen LogP contribution in [0.4, 0.5) is 0 Å². The van der Waals surface area contributed by atoms with Gasteiger partial charge in [0.2, 0.25) is 0 Å². The van der Waals surface area contributed by atoms with Gasteiger partial charge in [0.25, 0.3) is 11.6 Å². The van der Waals surface area contributed by atoms with Crippen LogP contribution in [0, 0.1) is 20.8 Å². The first-order valence-corrected chi connectivity index (χ1v) is 11.3. The van der Waals surface area contributed by atoms with Crippen LogP contribution < -0.4 is 5.32 Å². The molecule has 4 aromatic heterocycles. The summed E-state index contributed by atoms with van der Waals surface area (Å²) in [5.74, 6) is -0.199. The highest BCUT2D eigenvalue weighted by atomic mass is 32.1. The van der Waals surface area contributed by atoms with E-state index in [-0.39, 0.29) is 5.91 Å². The lowest BCUT2D eigenvalue weighted by Crippen LogP contribution is -2.24. The van der Waals surface area contributed by atoms with Crippen molar-refractivity contribution in [3.63, 3.8) is 0 Å². The SMILES string of the molecule is Cc1cc(-c2cc(C(=O)NCc3ccccc3Cn3cncn3)c3c(C)noc3n2)c(C)s1. The Morgan fingerprint density at radius 3 is 2.70 bits per heavy atom. The third kappa shape index (κ3) is 4.14. The lowest BCUT2D eigenvalue weighted by atomic mass is 10.0. The van der Waals surface area contributed by atoms with E-state index in [0.29, 0.717) is 41.1 Å². The zero-order valence-electron chi connectivity index (χ0n) is 18.5. The van der Waals surface area contributed by atoms with E-state index in [4.69, 9.17) is 4.52 Å². The first kappa shape index (κ1) is 21.0. The zero-order chi connectivity index (χ0) is 22.9. The predicted molar refractivity (Wildman–Crippen MR) is 126 cm³/mol. The predicted octanol–water partition coefficient (Wildman–Crippen LogP) is 4.45. The van der Waals surface area contributed by atoms with Gasteiger partial charge in [-0.25, -0.2) is 14.6 Å². The Morgan fingerprint density at radius 2 is 1.97 bits per heavy atom. The van der Waals surface area contributed by atoms with Gasteiger partial charge in [0.15, 0.2) is 0 Å². The molecule has 5 aromatic rings. The molecule has 0 saturated heterocycles. The van der Waals surface area contributed by atoms with Gasteiger partial charge in [-0.2, -0.15) is 5.10 Å². The maximum Gasteiger partial charge on any atom is 0.259 e. The van der Waals surface area contributed by atoms with Gasteiger partial charge in [-0.15, -0.1) is 11.3 Å². The van der Waals surface area contributed by atoms with Gasteiger partial charge in [0.05, 0.1) is 28.9 Å². The first-order chi connectivity index (χ1) is 16.0. The highest BCUT2D eigenvalue weighted by molar-refractivity contribution is 7.12. The molecule has 1 amide bonds. The third-order valence-corrected chi connectivity index (χ3v) is 6.50. The highest BCUT2D eigenvalue weighted by Crippen LogP contribution is 2.32. The summed E-state index contributed by atoms with van der Waals surface area (Å²) in [4.78, 5) is 24.3. The summed E-state index contributed by atoms with van der Waals surface area (Å²) >= 11 is 1.70. The second-order valence-electron chi connectivity index (χ2n) is 7.87. The number of pyridine rings is 1. The number of nitrogens with one attached hydrogen (secondary N) is 1. The van der Waals surface area contributed by atoms with E-state index >= 15 is 0 Å². The van der Waals surface area contributed by atoms with Gasteiger partial charge >= 0.3 is 0 Å². The number of hydrogen-bond acceptors (Lipinski definition) is 7. The maximum atomic E-state index is 13.4. The summed E-state index contributed by atoms with van der Waals surface area (Å²) in [6.45, 7) is 6.89. The number of aryl methyl sites for hydroxylation is 3. The van der Waals surface area contributed by atoms with Crippen LogP contribution in [-0.4, -0.2) is 30.8 Å². The molecule has 1 N–H and O–H groups in total. The maximum absolute atomic E-state index is 13.4. The second-order valence-corrected chi connectivity index (χ2v) is 9.34. The molecule has 0 spiro atoms. The van der Waals surface area contributed by atoms with Crippen molar-refractivity contribution in [2.45, 2.75) is 33.9 Å². The molecule has 0 bridgehead atoms. The highest BCUT2D eigenvalue weighted by Gasteiger charge is 2.20. The van der Waals surface area contributed by atoms with E-state index in [1.165, 1.54) is 11.2 Å². The van der Waals surface area contributed by atoms with Gasteiger partial charge < -0.3 is 9.84 Å². The van der Waals surface area contributed by atoms with Crippen molar-refractivity contribution in [2.75, 3.05) is 0 Å². The minimum Gasteiger partial charge on any atom is -0.348 e. The molecule has 0 aliphatic carbocycles. The van der Waals surface area contributed by atoms with Crippen LogP contribution in [0.1, 0.15) is 36.9 Å². The van der Waals surface area contributed by atoms with E-state index in [1.54, 1.807) is 22.3 Å². The molecule has 0 atom stereocenters. The molecule has 0 aliphatic heterocycles. The Labute approximate surface area is 194 Å². The van der Waals surface area contributed by atoms with Crippen molar-refractivity contribution in [1.29, 1.82) is 0 Å². The smallest absolute Gasteiger partial charge is 0.259 e. The van der Waals surface area contributed by atoms with Crippen LogP contribution in [0.15, 0.2) is 53.6 Å². The Bertz CT molecular complexity index is 1450. The normalized spacial score (nSPS) is 11.2. The summed E-state index contributed by atoms with van der Waals surface area (Å²) in [7, 11) is 0. The van der Waals surface area contributed by atoms with Crippen molar-refractivity contribution in [2.24, 2.45) is 0 Å². The van der Waals surface area contributed by atoms with Gasteiger partial charge in [-0.1, -0.05) is 29.4 Å². The van der Waals surface area contributed by atoms with E-state index in [9.17, 15) is 4.79 Å². The Balaban J connectivity index is 1.46. The summed E-state index contributed by atoms with van der Waals surface area (Å²) in [5.41, 5.74) is 5.29. The fraction of sp³-hybridized carbons (Fsp3) is 0.208. The summed E-state index contributed by atoms with van der Waals surface area (Å²) in [6, 6.07) is 11.9. The molecule has 1 aromatic carbocycles. The third-order valence-electron chi connectivity index (χ3n) is 5.54. The molecule has 0 aliphatic rings. The molecule has 166 valence electrons. The number of aromatic nitrogens is 5. The fourth-order valence-electron chi connectivity index (χ4n) is 3.94. The number of amides is 1. The topological polar surface area (TPSA) is 98.7 Å². The largest absolute Gasteiger partial charge is 0.348 e. The first-order valence-electron chi connectivity index (χ1n) is 10.5. The van der Waals surface area contributed by atoms with Crippen molar-refractivity contribution in [1.82, 2.24) is 30.2 Å². The number of hydrogen-bond donors (Lipinski definition) is 1. The Kier molecular flexibility index (Phi) is 5.47. The fourth-order valence-corrected chi connectivity index (χ4v) is 4.87. The average Bonchev–Trinajstić information content (AvgIpc) is 3.53. The number of rotatable bonds is 6. The molecular formula is C24H22N6O2S. The van der Waals surface area contributed by atoms with Crippen LogP contribution in [0.3, 0.4) is 0 Å². The van der Waals surface area contributed by atoms with Crippen molar-refractivity contribution in [3.05, 3.63) is 81.2 Å². The molecule has 5 rings (SSSR count). The number of benzene rings is 1. The number of thiophene rings is 1. The van der Waals surface area contributed by atoms with Crippen molar-refractivity contribution < 1.29 is 9.32 Å². The monoisotopic (exact) mass is 458 g/mol. The molecule has 0 unspecified atom stereocenters. The quantitative estimate of drug-likeness (QED) is 0.404. The molecule has 33 heavy (non-hydrogen) atoms. The number of fused-ring (bicyclic) bond motifs is 1. The van der Waals surface area contributed by atoms with Gasteiger partial charge in [0, 0.05) is 21.9 Å². The Morgan fingerprint density at radius 1 is 1.15 bits per heavy atom.